The molecule has 7 heteroatoms. The largest absolute Gasteiger partial charge is 0.380 e. The van der Waals surface area contributed by atoms with Crippen LogP contribution < -0.4 is 10.0 Å². The highest BCUT2D eigenvalue weighted by Crippen LogP contribution is 2.20. The molecule has 2 N–H and O–H groups in total. The molecule has 28 heavy (non-hydrogen) atoms. The lowest BCUT2D eigenvalue weighted by atomic mass is 10.0. The van der Waals surface area contributed by atoms with Gasteiger partial charge in [0, 0.05) is 6.54 Å². The summed E-state index contributed by atoms with van der Waals surface area (Å²) in [6.07, 6.45) is 1.54. The van der Waals surface area contributed by atoms with Crippen molar-refractivity contribution in [1.82, 2.24) is 4.98 Å². The Kier molecular flexibility index (Phi) is 5.94. The van der Waals surface area contributed by atoms with Gasteiger partial charge in [-0.3, -0.25) is 4.72 Å². The maximum Gasteiger partial charge on any atom is 0.263 e. The quantitative estimate of drug-likeness (QED) is 0.601. The van der Waals surface area contributed by atoms with Crippen LogP contribution in [-0.4, -0.2) is 13.4 Å². The molecule has 3 rings (SSSR count). The van der Waals surface area contributed by atoms with Crippen molar-refractivity contribution in [3.63, 3.8) is 0 Å². The van der Waals surface area contributed by atoms with Crippen molar-refractivity contribution in [2.75, 3.05) is 10.0 Å². The molecule has 0 saturated carbocycles. The molecule has 1 aromatic heterocycles. The molecular formula is C21H22FN3O2S. The van der Waals surface area contributed by atoms with E-state index < -0.39 is 10.0 Å². The molecule has 0 saturated heterocycles. The highest BCUT2D eigenvalue weighted by atomic mass is 32.2. The van der Waals surface area contributed by atoms with Gasteiger partial charge in [-0.15, -0.1) is 0 Å². The highest BCUT2D eigenvalue weighted by Gasteiger charge is 2.15. The summed E-state index contributed by atoms with van der Waals surface area (Å²) in [5.74, 6) is 0.294. The number of aromatic nitrogens is 1. The Bertz CT molecular complexity index is 1020. The van der Waals surface area contributed by atoms with E-state index in [2.05, 4.69) is 28.9 Å². The van der Waals surface area contributed by atoms with Crippen LogP contribution in [0, 0.1) is 5.82 Å². The fraction of sp³-hybridized carbons (Fsp3) is 0.190. The van der Waals surface area contributed by atoms with Crippen molar-refractivity contribution in [3.05, 3.63) is 83.8 Å². The first-order valence-corrected chi connectivity index (χ1v) is 10.4. The molecule has 3 aromatic rings. The molecule has 0 bridgehead atoms. The summed E-state index contributed by atoms with van der Waals surface area (Å²) in [5.41, 5.74) is 2.73. The van der Waals surface area contributed by atoms with Gasteiger partial charge in [0.1, 0.15) is 11.6 Å². The average Bonchev–Trinajstić information content (AvgIpc) is 2.68. The van der Waals surface area contributed by atoms with E-state index in [1.54, 1.807) is 42.6 Å². The smallest absolute Gasteiger partial charge is 0.263 e. The van der Waals surface area contributed by atoms with Crippen LogP contribution in [-0.2, 0) is 16.6 Å². The van der Waals surface area contributed by atoms with E-state index in [-0.39, 0.29) is 16.5 Å². The SMILES string of the molecule is CC(C)c1ccc(S(=O)(=O)Nc2ccc(NCc3ccc(F)cc3)cn2)cc1. The van der Waals surface area contributed by atoms with E-state index in [1.807, 2.05) is 12.1 Å². The Morgan fingerprint density at radius 1 is 0.964 bits per heavy atom. The number of pyridine rings is 1. The van der Waals surface area contributed by atoms with Gasteiger partial charge in [-0.25, -0.2) is 17.8 Å². The average molecular weight is 399 g/mol. The Morgan fingerprint density at radius 3 is 2.21 bits per heavy atom. The molecule has 0 unspecified atom stereocenters. The number of sulfonamides is 1. The summed E-state index contributed by atoms with van der Waals surface area (Å²) in [6.45, 7) is 4.62. The number of nitrogens with zero attached hydrogens (tertiary/aromatic N) is 1. The zero-order valence-electron chi connectivity index (χ0n) is 15.7. The Hall–Kier alpha value is -2.93. The monoisotopic (exact) mass is 399 g/mol. The second-order valence-corrected chi connectivity index (χ2v) is 8.42. The zero-order chi connectivity index (χ0) is 20.1. The predicted molar refractivity (Wildman–Crippen MR) is 109 cm³/mol. The molecule has 0 aliphatic heterocycles. The van der Waals surface area contributed by atoms with Crippen LogP contribution in [0.1, 0.15) is 30.9 Å². The lowest BCUT2D eigenvalue weighted by Gasteiger charge is -2.10. The number of rotatable bonds is 7. The first-order chi connectivity index (χ1) is 13.3. The van der Waals surface area contributed by atoms with E-state index in [0.29, 0.717) is 12.5 Å². The normalized spacial score (nSPS) is 11.4. The van der Waals surface area contributed by atoms with Gasteiger partial charge in [0.15, 0.2) is 0 Å². The summed E-state index contributed by atoms with van der Waals surface area (Å²) in [5, 5.41) is 3.16. The minimum atomic E-state index is -3.70. The molecular weight excluding hydrogens is 377 g/mol. The standard InChI is InChI=1S/C21H22FN3O2S/c1-15(2)17-5-10-20(11-6-17)28(26,27)25-21-12-9-19(14-24-21)23-13-16-3-7-18(22)8-4-16/h3-12,14-15,23H,13H2,1-2H3,(H,24,25). The number of halogens is 1. The van der Waals surface area contributed by atoms with Gasteiger partial charge in [0.05, 0.1) is 16.8 Å². The van der Waals surface area contributed by atoms with Crippen LogP contribution in [0.2, 0.25) is 0 Å². The van der Waals surface area contributed by atoms with E-state index >= 15 is 0 Å². The number of anilines is 2. The highest BCUT2D eigenvalue weighted by molar-refractivity contribution is 7.92. The summed E-state index contributed by atoms with van der Waals surface area (Å²) < 4.78 is 40.4. The number of hydrogen-bond donors (Lipinski definition) is 2. The van der Waals surface area contributed by atoms with Crippen LogP contribution in [0.5, 0.6) is 0 Å². The second kappa shape index (κ2) is 8.39. The topological polar surface area (TPSA) is 71.1 Å². The van der Waals surface area contributed by atoms with Crippen molar-refractivity contribution in [1.29, 1.82) is 0 Å². The van der Waals surface area contributed by atoms with Crippen LogP contribution in [0.3, 0.4) is 0 Å². The van der Waals surface area contributed by atoms with Gasteiger partial charge >= 0.3 is 0 Å². The third kappa shape index (κ3) is 5.07. The summed E-state index contributed by atoms with van der Waals surface area (Å²) in [4.78, 5) is 4.34. The van der Waals surface area contributed by atoms with Crippen LogP contribution >= 0.6 is 0 Å². The molecule has 0 aliphatic carbocycles. The first-order valence-electron chi connectivity index (χ1n) is 8.90. The van der Waals surface area contributed by atoms with Crippen molar-refractivity contribution < 1.29 is 12.8 Å². The van der Waals surface area contributed by atoms with Gasteiger partial charge in [0.25, 0.3) is 10.0 Å². The minimum absolute atomic E-state index is 0.192. The van der Waals surface area contributed by atoms with Crippen molar-refractivity contribution in [3.8, 4) is 0 Å². The molecule has 1 heterocycles. The summed E-state index contributed by atoms with van der Waals surface area (Å²) in [6, 6.07) is 16.3. The van der Waals surface area contributed by atoms with Gasteiger partial charge in [-0.2, -0.15) is 0 Å². The fourth-order valence-electron chi connectivity index (χ4n) is 2.59. The predicted octanol–water partition coefficient (Wildman–Crippen LogP) is 4.76. The molecule has 0 radical (unpaired) electrons. The minimum Gasteiger partial charge on any atom is -0.380 e. The van der Waals surface area contributed by atoms with Crippen LogP contribution in [0.25, 0.3) is 0 Å². The van der Waals surface area contributed by atoms with Gasteiger partial charge in [-0.05, 0) is 53.4 Å². The van der Waals surface area contributed by atoms with E-state index in [0.717, 1.165) is 16.8 Å². The van der Waals surface area contributed by atoms with Gasteiger partial charge in [0.2, 0.25) is 0 Å². The van der Waals surface area contributed by atoms with Crippen molar-refractivity contribution >= 4 is 21.5 Å². The van der Waals surface area contributed by atoms with E-state index in [4.69, 9.17) is 0 Å². The molecule has 2 aromatic carbocycles. The van der Waals surface area contributed by atoms with Crippen molar-refractivity contribution in [2.24, 2.45) is 0 Å². The number of hydrogen-bond acceptors (Lipinski definition) is 4. The molecule has 0 aliphatic rings. The molecule has 0 spiro atoms. The second-order valence-electron chi connectivity index (χ2n) is 6.74. The third-order valence-electron chi connectivity index (χ3n) is 4.27. The lowest BCUT2D eigenvalue weighted by Crippen LogP contribution is -2.14. The Balaban J connectivity index is 1.63. The van der Waals surface area contributed by atoms with Gasteiger partial charge in [-0.1, -0.05) is 38.1 Å². The number of nitrogens with one attached hydrogen (secondary N) is 2. The fourth-order valence-corrected chi connectivity index (χ4v) is 3.60. The maximum atomic E-state index is 12.9. The molecule has 0 atom stereocenters. The zero-order valence-corrected chi connectivity index (χ0v) is 16.5. The molecule has 146 valence electrons. The first kappa shape index (κ1) is 19.8. The van der Waals surface area contributed by atoms with Crippen LogP contribution in [0.15, 0.2) is 71.8 Å². The molecule has 0 amide bonds. The van der Waals surface area contributed by atoms with E-state index in [1.165, 1.54) is 12.1 Å². The summed E-state index contributed by atoms with van der Waals surface area (Å²) in [7, 11) is -3.70. The van der Waals surface area contributed by atoms with Crippen LogP contribution in [0.4, 0.5) is 15.9 Å². The summed E-state index contributed by atoms with van der Waals surface area (Å²) >= 11 is 0. The third-order valence-corrected chi connectivity index (χ3v) is 5.64. The number of benzene rings is 2. The maximum absolute atomic E-state index is 12.9. The molecule has 5 nitrogen and oxygen atoms in total. The Morgan fingerprint density at radius 2 is 1.64 bits per heavy atom. The lowest BCUT2D eigenvalue weighted by molar-refractivity contribution is 0.601. The molecule has 0 fully saturated rings. The Labute approximate surface area is 164 Å². The van der Waals surface area contributed by atoms with Gasteiger partial charge < -0.3 is 5.32 Å². The van der Waals surface area contributed by atoms with Crippen molar-refractivity contribution in [2.45, 2.75) is 31.2 Å². The van der Waals surface area contributed by atoms with E-state index in [9.17, 15) is 12.8 Å².